The standard InChI is InChI=1S/C23H27F4N3O3S2/c1-14(15-7-8-16(19(24)11-15)13-29-35(2,32)33)21(31)28-12-17-9-10-20(23(25,26)27)30-22(17)34-18-5-3-4-6-18/h7-11,14,18,29H,3-6,12-13H2,1-2H3,(H,28,31). The van der Waals surface area contributed by atoms with E-state index in [2.05, 4.69) is 15.0 Å². The monoisotopic (exact) mass is 533 g/mol. The lowest BCUT2D eigenvalue weighted by atomic mass is 9.98. The third-order valence-electron chi connectivity index (χ3n) is 5.76. The summed E-state index contributed by atoms with van der Waals surface area (Å²) >= 11 is 1.31. The molecule has 12 heteroatoms. The summed E-state index contributed by atoms with van der Waals surface area (Å²) in [6, 6.07) is 6.35. The zero-order valence-electron chi connectivity index (χ0n) is 19.3. The van der Waals surface area contributed by atoms with Crippen LogP contribution in [0.25, 0.3) is 0 Å². The highest BCUT2D eigenvalue weighted by atomic mass is 32.2. The molecule has 0 spiro atoms. The van der Waals surface area contributed by atoms with Gasteiger partial charge in [0.25, 0.3) is 0 Å². The number of hydrogen-bond donors (Lipinski definition) is 2. The summed E-state index contributed by atoms with van der Waals surface area (Å²) in [4.78, 5) is 16.6. The van der Waals surface area contributed by atoms with Crippen LogP contribution in [0.5, 0.6) is 0 Å². The molecule has 1 unspecified atom stereocenters. The number of rotatable bonds is 9. The molecule has 2 N–H and O–H groups in total. The minimum Gasteiger partial charge on any atom is -0.351 e. The van der Waals surface area contributed by atoms with Crippen molar-refractivity contribution >= 4 is 27.7 Å². The van der Waals surface area contributed by atoms with Crippen LogP contribution in [0, 0.1) is 5.82 Å². The Morgan fingerprint density at radius 2 is 1.80 bits per heavy atom. The molecule has 0 bridgehead atoms. The topological polar surface area (TPSA) is 88.2 Å². The van der Waals surface area contributed by atoms with Gasteiger partial charge in [-0.3, -0.25) is 4.79 Å². The van der Waals surface area contributed by atoms with Gasteiger partial charge in [-0.1, -0.05) is 31.0 Å². The van der Waals surface area contributed by atoms with Crippen molar-refractivity contribution < 1.29 is 30.8 Å². The minimum absolute atomic E-state index is 0.0117. The second-order valence-electron chi connectivity index (χ2n) is 8.57. The zero-order valence-corrected chi connectivity index (χ0v) is 20.9. The van der Waals surface area contributed by atoms with E-state index in [-0.39, 0.29) is 28.9 Å². The molecule has 192 valence electrons. The molecule has 1 aromatic heterocycles. The molecule has 0 aliphatic heterocycles. The number of benzene rings is 1. The predicted molar refractivity (Wildman–Crippen MR) is 126 cm³/mol. The van der Waals surface area contributed by atoms with Gasteiger partial charge in [0.2, 0.25) is 15.9 Å². The van der Waals surface area contributed by atoms with Crippen LogP contribution in [0.15, 0.2) is 35.4 Å². The first-order valence-electron chi connectivity index (χ1n) is 11.1. The molecule has 1 saturated carbocycles. The fraction of sp³-hybridized carbons (Fsp3) is 0.478. The van der Waals surface area contributed by atoms with Crippen LogP contribution >= 0.6 is 11.8 Å². The van der Waals surface area contributed by atoms with Crippen LogP contribution in [-0.2, 0) is 34.1 Å². The highest BCUT2D eigenvalue weighted by Crippen LogP contribution is 2.37. The molecule has 3 rings (SSSR count). The molecule has 35 heavy (non-hydrogen) atoms. The van der Waals surface area contributed by atoms with Crippen molar-refractivity contribution in [2.75, 3.05) is 6.26 Å². The van der Waals surface area contributed by atoms with Crippen LogP contribution < -0.4 is 10.0 Å². The van der Waals surface area contributed by atoms with Crippen molar-refractivity contribution in [3.05, 3.63) is 58.5 Å². The van der Waals surface area contributed by atoms with Gasteiger partial charge in [0.15, 0.2) is 0 Å². The number of thioether (sulfide) groups is 1. The van der Waals surface area contributed by atoms with Crippen molar-refractivity contribution in [2.24, 2.45) is 0 Å². The number of aromatic nitrogens is 1. The van der Waals surface area contributed by atoms with Crippen molar-refractivity contribution in [1.29, 1.82) is 0 Å². The fourth-order valence-electron chi connectivity index (χ4n) is 3.70. The molecule has 1 heterocycles. The molecule has 1 aromatic carbocycles. The average molecular weight is 534 g/mol. The van der Waals surface area contributed by atoms with Gasteiger partial charge in [-0.2, -0.15) is 13.2 Å². The SMILES string of the molecule is CC(C(=O)NCc1ccc(C(F)(F)F)nc1SC1CCCC1)c1ccc(CNS(C)(=O)=O)c(F)c1. The first-order valence-corrected chi connectivity index (χ1v) is 13.8. The molecule has 1 aliphatic rings. The summed E-state index contributed by atoms with van der Waals surface area (Å²) in [5, 5.41) is 3.16. The van der Waals surface area contributed by atoms with E-state index >= 15 is 0 Å². The van der Waals surface area contributed by atoms with Gasteiger partial charge in [-0.05, 0) is 37.5 Å². The number of sulfonamides is 1. The summed E-state index contributed by atoms with van der Waals surface area (Å²) in [5.41, 5.74) is 0.0385. The minimum atomic E-state index is -4.56. The van der Waals surface area contributed by atoms with Gasteiger partial charge in [-0.25, -0.2) is 22.5 Å². The molecular formula is C23H27F4N3O3S2. The number of pyridine rings is 1. The van der Waals surface area contributed by atoms with E-state index in [1.54, 1.807) is 6.92 Å². The predicted octanol–water partition coefficient (Wildman–Crippen LogP) is 4.74. The van der Waals surface area contributed by atoms with Crippen molar-refractivity contribution in [3.63, 3.8) is 0 Å². The van der Waals surface area contributed by atoms with E-state index in [4.69, 9.17) is 0 Å². The molecular weight excluding hydrogens is 506 g/mol. The maximum absolute atomic E-state index is 14.4. The van der Waals surface area contributed by atoms with Gasteiger partial charge < -0.3 is 5.32 Å². The van der Waals surface area contributed by atoms with Crippen molar-refractivity contribution in [1.82, 2.24) is 15.0 Å². The van der Waals surface area contributed by atoms with E-state index in [0.717, 1.165) is 38.0 Å². The number of hydrogen-bond acceptors (Lipinski definition) is 5. The number of halogens is 4. The highest BCUT2D eigenvalue weighted by Gasteiger charge is 2.33. The Morgan fingerprint density at radius 3 is 2.40 bits per heavy atom. The van der Waals surface area contributed by atoms with Crippen molar-refractivity contribution in [3.8, 4) is 0 Å². The van der Waals surface area contributed by atoms with E-state index in [0.29, 0.717) is 11.1 Å². The Kier molecular flexibility index (Phi) is 8.81. The lowest BCUT2D eigenvalue weighted by Crippen LogP contribution is -2.28. The van der Waals surface area contributed by atoms with Crippen LogP contribution in [-0.4, -0.2) is 30.8 Å². The van der Waals surface area contributed by atoms with Gasteiger partial charge in [0.1, 0.15) is 16.5 Å². The Balaban J connectivity index is 1.69. The van der Waals surface area contributed by atoms with E-state index in [1.165, 1.54) is 36.0 Å². The second-order valence-corrected chi connectivity index (χ2v) is 11.7. The van der Waals surface area contributed by atoms with Crippen LogP contribution in [0.3, 0.4) is 0 Å². The molecule has 0 radical (unpaired) electrons. The average Bonchev–Trinajstić information content (AvgIpc) is 3.28. The molecule has 1 fully saturated rings. The summed E-state index contributed by atoms with van der Waals surface area (Å²) in [6.45, 7) is 1.35. The number of amides is 1. The lowest BCUT2D eigenvalue weighted by molar-refractivity contribution is -0.141. The van der Waals surface area contributed by atoms with E-state index in [1.807, 2.05) is 0 Å². The summed E-state index contributed by atoms with van der Waals surface area (Å²) in [6.07, 6.45) is 0.281. The van der Waals surface area contributed by atoms with Gasteiger partial charge in [0, 0.05) is 29.5 Å². The Labute approximate surface area is 206 Å². The first kappa shape index (κ1) is 27.4. The van der Waals surface area contributed by atoms with Gasteiger partial charge in [-0.15, -0.1) is 11.8 Å². The van der Waals surface area contributed by atoms with Gasteiger partial charge in [0.05, 0.1) is 12.2 Å². The summed E-state index contributed by atoms with van der Waals surface area (Å²) in [7, 11) is -3.49. The largest absolute Gasteiger partial charge is 0.433 e. The van der Waals surface area contributed by atoms with Crippen molar-refractivity contribution in [2.45, 2.75) is 68.1 Å². The quantitative estimate of drug-likeness (QED) is 0.455. The van der Waals surface area contributed by atoms with E-state index in [9.17, 15) is 30.8 Å². The molecule has 1 amide bonds. The molecule has 1 atom stereocenters. The third kappa shape index (κ3) is 7.91. The third-order valence-corrected chi connectivity index (χ3v) is 7.81. The number of alkyl halides is 3. The zero-order chi connectivity index (χ0) is 25.8. The van der Waals surface area contributed by atoms with Crippen LogP contribution in [0.1, 0.15) is 60.9 Å². The Hall–Kier alpha value is -2.18. The molecule has 6 nitrogen and oxygen atoms in total. The van der Waals surface area contributed by atoms with Gasteiger partial charge >= 0.3 is 6.18 Å². The smallest absolute Gasteiger partial charge is 0.351 e. The first-order chi connectivity index (χ1) is 16.3. The summed E-state index contributed by atoms with van der Waals surface area (Å²) < 4.78 is 78.6. The summed E-state index contributed by atoms with van der Waals surface area (Å²) in [5.74, 6) is -1.82. The maximum Gasteiger partial charge on any atom is 0.433 e. The van der Waals surface area contributed by atoms with E-state index < -0.39 is 39.5 Å². The number of carbonyl (C=O) groups excluding carboxylic acids is 1. The molecule has 1 aliphatic carbocycles. The van der Waals surface area contributed by atoms with Crippen LogP contribution in [0.2, 0.25) is 0 Å². The molecule has 2 aromatic rings. The lowest BCUT2D eigenvalue weighted by Gasteiger charge is -2.17. The Bertz CT molecular complexity index is 1170. The second kappa shape index (κ2) is 11.3. The number of nitrogens with one attached hydrogen (secondary N) is 2. The molecule has 0 saturated heterocycles. The Morgan fingerprint density at radius 1 is 1.14 bits per heavy atom. The maximum atomic E-state index is 14.4. The number of carbonyl (C=O) groups is 1. The number of nitrogens with zero attached hydrogens (tertiary/aromatic N) is 1. The highest BCUT2D eigenvalue weighted by molar-refractivity contribution is 7.99. The normalized spacial score (nSPS) is 15.8. The fourth-order valence-corrected chi connectivity index (χ4v) is 5.44. The van der Waals surface area contributed by atoms with Crippen LogP contribution in [0.4, 0.5) is 17.6 Å².